The highest BCUT2D eigenvalue weighted by Crippen LogP contribution is 2.72. The Morgan fingerprint density at radius 1 is 0.289 bits per heavy atom. The third-order valence-electron chi connectivity index (χ3n) is 22.5. The lowest BCUT2D eigenvalue weighted by Crippen LogP contribution is -2.31. The molecule has 2 nitrogen and oxygen atoms in total. The Hall–Kier alpha value is -5.58. The summed E-state index contributed by atoms with van der Waals surface area (Å²) in [6.45, 7) is 14.4. The van der Waals surface area contributed by atoms with Crippen molar-refractivity contribution in [1.82, 2.24) is 0 Å². The molecule has 0 aliphatic heterocycles. The van der Waals surface area contributed by atoms with Crippen molar-refractivity contribution in [3.8, 4) is 94.0 Å². The van der Waals surface area contributed by atoms with Gasteiger partial charge in [-0.05, 0) is 212 Å². The van der Waals surface area contributed by atoms with E-state index in [0.717, 1.165) is 60.9 Å². The summed E-state index contributed by atoms with van der Waals surface area (Å²) < 4.78 is 0. The minimum Gasteiger partial charge on any atom is -0.297 e. The Morgan fingerprint density at radius 2 is 0.567 bits per heavy atom. The van der Waals surface area contributed by atoms with Crippen molar-refractivity contribution in [3.05, 3.63) is 176 Å². The van der Waals surface area contributed by atoms with Crippen molar-refractivity contribution < 1.29 is 9.59 Å². The van der Waals surface area contributed by atoms with Gasteiger partial charge in [-0.15, -0.1) is 68.0 Å². The lowest BCUT2D eigenvalue weighted by atomic mass is 9.63. The Bertz CT molecular complexity index is 4170. The molecule has 4 aromatic carbocycles. The predicted octanol–water partition coefficient (Wildman–Crippen LogP) is 30.3. The number of aldehydes is 2. The number of hydrogen-bond acceptors (Lipinski definition) is 8. The maximum absolute atomic E-state index is 12.1. The average molecular weight is 1400 g/mol. The Labute approximate surface area is 605 Å². The second-order valence-corrected chi connectivity index (χ2v) is 35.2. The van der Waals surface area contributed by atoms with Crippen LogP contribution in [0.2, 0.25) is 0 Å². The van der Waals surface area contributed by atoms with Gasteiger partial charge in [-0.2, -0.15) is 0 Å². The molecule has 97 heavy (non-hydrogen) atoms. The van der Waals surface area contributed by atoms with Crippen LogP contribution in [-0.2, 0) is 16.2 Å². The highest BCUT2D eigenvalue weighted by Gasteiger charge is 2.58. The van der Waals surface area contributed by atoms with Crippen molar-refractivity contribution in [2.24, 2.45) is 0 Å². The lowest BCUT2D eigenvalue weighted by Gasteiger charge is -2.40. The van der Waals surface area contributed by atoms with Gasteiger partial charge in [0.05, 0.1) is 9.75 Å². The SMILES string of the molecule is CCCCCCC1(CCCCCC)c2cc(-c3ccc(-c4cccs4)s3)ccc2-c2c1c1c(c3c2C(CCCCCC)(CCCCCC)c2cc(-c4ccc(-c5ccc(C=O)s5)s4)ccc2-3)C(CCCCCC)(CCCCCC)c2cc(-c3ccc(-c4ccc(C=O)s4)s3)ccc2-1. The molecule has 0 fully saturated rings. The molecule has 0 spiro atoms. The zero-order valence-electron chi connectivity index (χ0n) is 58.8. The van der Waals surface area contributed by atoms with E-state index in [-0.39, 0.29) is 16.2 Å². The molecule has 3 aliphatic rings. The maximum atomic E-state index is 12.1. The number of benzene rings is 4. The van der Waals surface area contributed by atoms with Crippen molar-refractivity contribution in [1.29, 1.82) is 0 Å². The lowest BCUT2D eigenvalue weighted by molar-refractivity contribution is 0.111. The monoisotopic (exact) mass is 1390 g/mol. The van der Waals surface area contributed by atoms with Crippen molar-refractivity contribution in [3.63, 3.8) is 0 Å². The molecule has 0 saturated heterocycles. The van der Waals surface area contributed by atoms with Crippen LogP contribution in [0.1, 0.15) is 287 Å². The van der Waals surface area contributed by atoms with Crippen LogP contribution in [0.15, 0.2) is 133 Å². The van der Waals surface area contributed by atoms with Gasteiger partial charge >= 0.3 is 0 Å². The van der Waals surface area contributed by atoms with Crippen molar-refractivity contribution in [2.75, 3.05) is 0 Å². The first-order valence-electron chi connectivity index (χ1n) is 37.9. The molecule has 0 amide bonds. The quantitative estimate of drug-likeness (QED) is 0.0285. The molecule has 0 unspecified atom stereocenters. The number of rotatable bonds is 38. The highest BCUT2D eigenvalue weighted by atomic mass is 32.1. The molecule has 0 bridgehead atoms. The summed E-state index contributed by atoms with van der Waals surface area (Å²) in [6.07, 6.45) is 38.6. The van der Waals surface area contributed by atoms with E-state index in [0.29, 0.717) is 0 Å². The minimum absolute atomic E-state index is 0.204. The van der Waals surface area contributed by atoms with E-state index in [4.69, 9.17) is 0 Å². The molecular formula is C89H102O2S6. The number of carbonyl (C=O) groups is 2. The summed E-state index contributed by atoms with van der Waals surface area (Å²) >= 11 is 10.8. The van der Waals surface area contributed by atoms with Crippen molar-refractivity contribution >= 4 is 80.6 Å². The van der Waals surface area contributed by atoms with E-state index in [1.165, 1.54) is 231 Å². The van der Waals surface area contributed by atoms with Crippen LogP contribution >= 0.6 is 68.0 Å². The third kappa shape index (κ3) is 13.7. The highest BCUT2D eigenvalue weighted by molar-refractivity contribution is 7.25. The van der Waals surface area contributed by atoms with Gasteiger partial charge < -0.3 is 0 Å². The zero-order valence-corrected chi connectivity index (χ0v) is 63.7. The Morgan fingerprint density at radius 3 is 0.835 bits per heavy atom. The second kappa shape index (κ2) is 32.0. The first-order valence-corrected chi connectivity index (χ1v) is 42.8. The molecule has 0 atom stereocenters. The first-order chi connectivity index (χ1) is 47.7. The van der Waals surface area contributed by atoms with Gasteiger partial charge in [0.25, 0.3) is 0 Å². The van der Waals surface area contributed by atoms with Crippen LogP contribution in [0.5, 0.6) is 0 Å². The molecular weight excluding hydrogens is 1290 g/mol. The molecule has 3 aliphatic carbocycles. The minimum atomic E-state index is -0.223. The van der Waals surface area contributed by atoms with Crippen molar-refractivity contribution in [2.45, 2.75) is 250 Å². The van der Waals surface area contributed by atoms with Gasteiger partial charge in [-0.3, -0.25) is 9.59 Å². The van der Waals surface area contributed by atoms with Gasteiger partial charge in [0.15, 0.2) is 12.6 Å². The molecule has 13 rings (SSSR count). The van der Waals surface area contributed by atoms with Crippen LogP contribution in [0.25, 0.3) is 94.0 Å². The maximum Gasteiger partial charge on any atom is 0.160 e. The summed E-state index contributed by atoms with van der Waals surface area (Å²) in [5, 5.41) is 2.23. The van der Waals surface area contributed by atoms with E-state index in [1.54, 1.807) is 72.7 Å². The van der Waals surface area contributed by atoms with Crippen LogP contribution in [-0.4, -0.2) is 12.6 Å². The molecule has 0 radical (unpaired) electrons. The van der Waals surface area contributed by atoms with E-state index < -0.39 is 0 Å². The summed E-state index contributed by atoms with van der Waals surface area (Å²) in [7, 11) is 0. The molecule has 0 N–H and O–H groups in total. The first kappa shape index (κ1) is 69.9. The summed E-state index contributed by atoms with van der Waals surface area (Å²) in [4.78, 5) is 37.2. The third-order valence-corrected chi connectivity index (χ3v) is 29.4. The van der Waals surface area contributed by atoms with E-state index in [9.17, 15) is 9.59 Å². The number of unbranched alkanes of at least 4 members (excludes halogenated alkanes) is 18. The topological polar surface area (TPSA) is 34.1 Å². The number of carbonyl (C=O) groups excluding carboxylic acids is 2. The second-order valence-electron chi connectivity index (χ2n) is 28.8. The summed E-state index contributed by atoms with van der Waals surface area (Å²) in [5.41, 5.74) is 22.8. The standard InChI is InChI=1S/C89H102O2S6/c1-7-13-19-25-49-87(50-26-20-14-8-2)69-56-61(72-43-46-76(95-72)75-32-31-55-92-75)33-38-66(69)81-84(87)82-67-39-34-62(73-44-47-79(96-73)77-41-36-64(59-90)93-77)57-70(67)89(53-29-23-17-11-5,54-30-24-18-12-6)86(82)83-68-40-35-63(74-45-48-80(97-74)78-42-37-65(60-91)94-78)58-71(68)88(85(81)83,51-27-21-15-9-3)52-28-22-16-10-4/h31-48,55-60H,7-30,49-54H2,1-6H3. The smallest absolute Gasteiger partial charge is 0.160 e. The van der Waals surface area contributed by atoms with Crippen LogP contribution < -0.4 is 0 Å². The van der Waals surface area contributed by atoms with Crippen LogP contribution in [0, 0.1) is 0 Å². The van der Waals surface area contributed by atoms with Gasteiger partial charge in [0.2, 0.25) is 0 Å². The molecule has 8 heteroatoms. The Kier molecular flexibility index (Phi) is 23.0. The molecule has 0 saturated carbocycles. The number of fused-ring (bicyclic) bond motifs is 12. The summed E-state index contributed by atoms with van der Waals surface area (Å²) in [5.74, 6) is 0. The zero-order chi connectivity index (χ0) is 66.9. The van der Waals surface area contributed by atoms with Crippen LogP contribution in [0.3, 0.4) is 0 Å². The van der Waals surface area contributed by atoms with E-state index in [2.05, 4.69) is 162 Å². The molecule has 506 valence electrons. The molecule has 6 aromatic heterocycles. The number of hydrogen-bond donors (Lipinski definition) is 0. The fourth-order valence-corrected chi connectivity index (χ4v) is 23.4. The van der Waals surface area contributed by atoms with E-state index in [1.807, 2.05) is 57.5 Å². The van der Waals surface area contributed by atoms with Gasteiger partial charge in [-0.25, -0.2) is 0 Å². The fourth-order valence-electron chi connectivity index (χ4n) is 17.8. The van der Waals surface area contributed by atoms with Gasteiger partial charge in [-0.1, -0.05) is 238 Å². The van der Waals surface area contributed by atoms with E-state index >= 15 is 0 Å². The van der Waals surface area contributed by atoms with Crippen LogP contribution in [0.4, 0.5) is 0 Å². The predicted molar refractivity (Wildman–Crippen MR) is 428 cm³/mol. The molecule has 10 aromatic rings. The normalized spacial score (nSPS) is 14.2. The summed E-state index contributed by atoms with van der Waals surface area (Å²) in [6, 6.07) is 51.0. The molecule has 6 heterocycles. The Balaban J connectivity index is 1.16. The largest absolute Gasteiger partial charge is 0.297 e. The fraction of sp³-hybridized carbons (Fsp3) is 0.438. The number of thiophene rings is 6. The van der Waals surface area contributed by atoms with Gasteiger partial charge in [0, 0.05) is 60.1 Å². The van der Waals surface area contributed by atoms with Gasteiger partial charge in [0.1, 0.15) is 0 Å². The average Bonchev–Trinajstić information content (AvgIpc) is 1.48.